The molecule has 0 unspecified atom stereocenters. The Hall–Kier alpha value is -4.31. The van der Waals surface area contributed by atoms with E-state index in [1.54, 1.807) is 19.1 Å². The van der Waals surface area contributed by atoms with Crippen molar-refractivity contribution in [1.29, 1.82) is 10.5 Å². The van der Waals surface area contributed by atoms with Gasteiger partial charge in [-0.2, -0.15) is 23.7 Å². The molecule has 0 radical (unpaired) electrons. The van der Waals surface area contributed by atoms with E-state index < -0.39 is 58.2 Å². The summed E-state index contributed by atoms with van der Waals surface area (Å²) in [5.41, 5.74) is -3.09. The standard InChI is InChI=1S/C26H21F3N2O5/c1-14-7-9-15(10-8-14)20-18(23(33)35-2)22(32)19(24(34)36-3)21(25(20,12-30)13-31)16-5-4-6-17(11-16)26(27,28)29/h4-11,19-21,32H,1-3H3/t19-,20-,21-/m0/s1. The molecule has 3 rings (SSSR count). The Bertz CT molecular complexity index is 1290. The second-order valence-electron chi connectivity index (χ2n) is 8.33. The quantitative estimate of drug-likeness (QED) is 0.607. The van der Waals surface area contributed by atoms with Crippen molar-refractivity contribution in [2.24, 2.45) is 11.3 Å². The number of carbonyl (C=O) groups is 2. The number of carbonyl (C=O) groups excluding carboxylic acids is 2. The maximum Gasteiger partial charge on any atom is 0.416 e. The number of aryl methyl sites for hydroxylation is 1. The van der Waals surface area contributed by atoms with E-state index in [1.807, 2.05) is 12.1 Å². The molecule has 1 aliphatic carbocycles. The number of nitrogens with zero attached hydrogens (tertiary/aromatic N) is 2. The molecule has 186 valence electrons. The van der Waals surface area contributed by atoms with Crippen LogP contribution in [-0.2, 0) is 25.2 Å². The van der Waals surface area contributed by atoms with Gasteiger partial charge in [-0.15, -0.1) is 0 Å². The first kappa shape index (κ1) is 26.3. The van der Waals surface area contributed by atoms with Gasteiger partial charge in [-0.25, -0.2) is 4.79 Å². The average molecular weight is 498 g/mol. The molecule has 0 saturated carbocycles. The molecule has 36 heavy (non-hydrogen) atoms. The van der Waals surface area contributed by atoms with Crippen LogP contribution in [0.5, 0.6) is 0 Å². The van der Waals surface area contributed by atoms with Crippen LogP contribution in [0.3, 0.4) is 0 Å². The lowest BCUT2D eigenvalue weighted by molar-refractivity contribution is -0.147. The second-order valence-corrected chi connectivity index (χ2v) is 8.33. The smallest absolute Gasteiger partial charge is 0.416 e. The number of alkyl halides is 3. The number of rotatable bonds is 4. The number of halogens is 3. The van der Waals surface area contributed by atoms with Gasteiger partial charge in [0, 0.05) is 5.92 Å². The number of hydrogen-bond donors (Lipinski definition) is 1. The fourth-order valence-electron chi connectivity index (χ4n) is 4.70. The highest BCUT2D eigenvalue weighted by molar-refractivity contribution is 5.94. The van der Waals surface area contributed by atoms with Gasteiger partial charge in [0.25, 0.3) is 0 Å². The van der Waals surface area contributed by atoms with E-state index in [0.29, 0.717) is 6.07 Å². The molecule has 0 spiro atoms. The molecule has 0 aliphatic heterocycles. The van der Waals surface area contributed by atoms with E-state index in [2.05, 4.69) is 0 Å². The Morgan fingerprint density at radius 2 is 1.61 bits per heavy atom. The van der Waals surface area contributed by atoms with Crippen LogP contribution in [-0.4, -0.2) is 31.3 Å². The Morgan fingerprint density at radius 1 is 1.00 bits per heavy atom. The molecule has 2 aromatic rings. The van der Waals surface area contributed by atoms with Crippen LogP contribution in [0.2, 0.25) is 0 Å². The lowest BCUT2D eigenvalue weighted by Gasteiger charge is -2.44. The van der Waals surface area contributed by atoms with Crippen LogP contribution >= 0.6 is 0 Å². The van der Waals surface area contributed by atoms with Crippen LogP contribution < -0.4 is 0 Å². The zero-order chi connectivity index (χ0) is 26.8. The summed E-state index contributed by atoms with van der Waals surface area (Å²) in [4.78, 5) is 25.8. The number of aliphatic hydroxyl groups excluding tert-OH is 1. The van der Waals surface area contributed by atoms with Crippen LogP contribution in [0.4, 0.5) is 13.2 Å². The SMILES string of the molecule is COC(=O)C1=C(O)[C@@H](C(=O)OC)[C@H](c2cccc(C(F)(F)F)c2)C(C#N)(C#N)[C@H]1c1ccc(C)cc1. The van der Waals surface area contributed by atoms with Crippen molar-refractivity contribution in [3.05, 3.63) is 82.1 Å². The molecule has 3 atom stereocenters. The predicted molar refractivity (Wildman–Crippen MR) is 119 cm³/mol. The van der Waals surface area contributed by atoms with Crippen molar-refractivity contribution in [3.63, 3.8) is 0 Å². The third kappa shape index (κ3) is 4.27. The molecule has 1 aliphatic rings. The Morgan fingerprint density at radius 3 is 2.11 bits per heavy atom. The van der Waals surface area contributed by atoms with Crippen molar-refractivity contribution in [2.75, 3.05) is 14.2 Å². The summed E-state index contributed by atoms with van der Waals surface area (Å²) in [5.74, 6) is -8.04. The zero-order valence-corrected chi connectivity index (χ0v) is 19.5. The van der Waals surface area contributed by atoms with Crippen molar-refractivity contribution < 1.29 is 37.3 Å². The van der Waals surface area contributed by atoms with Gasteiger partial charge >= 0.3 is 18.1 Å². The van der Waals surface area contributed by atoms with E-state index in [4.69, 9.17) is 9.47 Å². The molecule has 0 fully saturated rings. The molecule has 0 aromatic heterocycles. The van der Waals surface area contributed by atoms with Gasteiger partial charge in [0.2, 0.25) is 0 Å². The van der Waals surface area contributed by atoms with Gasteiger partial charge in [-0.1, -0.05) is 48.0 Å². The normalized spacial score (nSPS) is 21.2. The number of methoxy groups -OCH3 is 2. The summed E-state index contributed by atoms with van der Waals surface area (Å²) in [5, 5.41) is 32.1. The maximum absolute atomic E-state index is 13.5. The first-order valence-electron chi connectivity index (χ1n) is 10.6. The molecule has 0 bridgehead atoms. The van der Waals surface area contributed by atoms with Gasteiger partial charge in [-0.05, 0) is 24.1 Å². The number of hydrogen-bond acceptors (Lipinski definition) is 7. The van der Waals surface area contributed by atoms with E-state index in [1.165, 1.54) is 18.2 Å². The van der Waals surface area contributed by atoms with Gasteiger partial charge in [0.05, 0.1) is 43.4 Å². The monoisotopic (exact) mass is 498 g/mol. The lowest BCUT2D eigenvalue weighted by Crippen LogP contribution is -2.47. The minimum Gasteiger partial charge on any atom is -0.511 e. The summed E-state index contributed by atoms with van der Waals surface area (Å²) in [7, 11) is 1.99. The number of benzene rings is 2. The molecule has 10 heteroatoms. The highest BCUT2D eigenvalue weighted by atomic mass is 19.4. The summed E-state index contributed by atoms with van der Waals surface area (Å²) >= 11 is 0. The van der Waals surface area contributed by atoms with Crippen molar-refractivity contribution in [1.82, 2.24) is 0 Å². The lowest BCUT2D eigenvalue weighted by atomic mass is 9.54. The van der Waals surface area contributed by atoms with E-state index in [-0.39, 0.29) is 11.1 Å². The molecule has 0 heterocycles. The highest BCUT2D eigenvalue weighted by Gasteiger charge is 2.61. The minimum absolute atomic E-state index is 0.212. The average Bonchev–Trinajstić information content (AvgIpc) is 2.87. The van der Waals surface area contributed by atoms with Gasteiger partial charge in [0.15, 0.2) is 5.41 Å². The van der Waals surface area contributed by atoms with E-state index in [0.717, 1.165) is 31.9 Å². The first-order valence-corrected chi connectivity index (χ1v) is 10.6. The third-order valence-corrected chi connectivity index (χ3v) is 6.35. The topological polar surface area (TPSA) is 120 Å². The first-order chi connectivity index (χ1) is 17.0. The van der Waals surface area contributed by atoms with Crippen LogP contribution in [0.15, 0.2) is 59.9 Å². The van der Waals surface area contributed by atoms with Gasteiger partial charge in [-0.3, -0.25) is 4.79 Å². The number of esters is 2. The Labute approximate surface area is 205 Å². The molecule has 7 nitrogen and oxygen atoms in total. The number of ether oxygens (including phenoxy) is 2. The third-order valence-electron chi connectivity index (χ3n) is 6.35. The van der Waals surface area contributed by atoms with Crippen molar-refractivity contribution in [2.45, 2.75) is 24.9 Å². The van der Waals surface area contributed by atoms with Gasteiger partial charge < -0.3 is 14.6 Å². The predicted octanol–water partition coefficient (Wildman–Crippen LogP) is 4.70. The van der Waals surface area contributed by atoms with Crippen LogP contribution in [0.25, 0.3) is 0 Å². The zero-order valence-electron chi connectivity index (χ0n) is 19.5. The summed E-state index contributed by atoms with van der Waals surface area (Å²) < 4.78 is 50.2. The molecular formula is C26H21F3N2O5. The fraction of sp³-hybridized carbons (Fsp3) is 0.308. The molecule has 0 saturated heterocycles. The van der Waals surface area contributed by atoms with E-state index >= 15 is 0 Å². The Kier molecular flexibility index (Phi) is 7.12. The Balaban J connectivity index is 2.49. The molecular weight excluding hydrogens is 477 g/mol. The van der Waals surface area contributed by atoms with Crippen LogP contribution in [0.1, 0.15) is 34.1 Å². The number of aliphatic hydroxyl groups is 1. The second kappa shape index (κ2) is 9.74. The minimum atomic E-state index is -4.77. The largest absolute Gasteiger partial charge is 0.511 e. The van der Waals surface area contributed by atoms with E-state index in [9.17, 15) is 38.4 Å². The highest BCUT2D eigenvalue weighted by Crippen LogP contribution is 2.59. The van der Waals surface area contributed by atoms with Crippen LogP contribution in [0, 0.1) is 40.9 Å². The molecule has 2 aromatic carbocycles. The molecule has 0 amide bonds. The summed E-state index contributed by atoms with van der Waals surface area (Å²) in [6.45, 7) is 1.78. The van der Waals surface area contributed by atoms with Gasteiger partial charge in [0.1, 0.15) is 11.7 Å². The molecule has 1 N–H and O–H groups in total. The van der Waals surface area contributed by atoms with Crippen molar-refractivity contribution in [3.8, 4) is 12.1 Å². The number of nitriles is 2. The van der Waals surface area contributed by atoms with Crippen molar-refractivity contribution >= 4 is 11.9 Å². The fourth-order valence-corrected chi connectivity index (χ4v) is 4.70. The maximum atomic E-state index is 13.5. The summed E-state index contributed by atoms with van der Waals surface area (Å²) in [6.07, 6.45) is -4.77. The summed E-state index contributed by atoms with van der Waals surface area (Å²) in [6, 6.07) is 13.9.